The zero-order valence-electron chi connectivity index (χ0n) is 16.8. The second kappa shape index (κ2) is 9.99. The zero-order valence-corrected chi connectivity index (χ0v) is 16.8. The summed E-state index contributed by atoms with van der Waals surface area (Å²) in [5.41, 5.74) is 2.27. The highest BCUT2D eigenvalue weighted by Gasteiger charge is 2.29. The predicted molar refractivity (Wildman–Crippen MR) is 111 cm³/mol. The van der Waals surface area contributed by atoms with E-state index in [1.54, 1.807) is 21.3 Å². The average Bonchev–Trinajstić information content (AvgIpc) is 3.23. The second-order valence-corrected chi connectivity index (χ2v) is 6.74. The van der Waals surface area contributed by atoms with Gasteiger partial charge in [-0.05, 0) is 24.1 Å². The topological polar surface area (TPSA) is 64.1 Å². The van der Waals surface area contributed by atoms with E-state index in [1.807, 2.05) is 24.3 Å². The van der Waals surface area contributed by atoms with Crippen LogP contribution in [0.5, 0.6) is 11.5 Å². The molecule has 1 saturated heterocycles. The van der Waals surface area contributed by atoms with Crippen LogP contribution < -0.4 is 20.1 Å². The van der Waals surface area contributed by atoms with Gasteiger partial charge in [0.15, 0.2) is 5.96 Å². The third-order valence-electron chi connectivity index (χ3n) is 5.04. The first-order chi connectivity index (χ1) is 13.7. The van der Waals surface area contributed by atoms with Crippen LogP contribution in [0, 0.1) is 5.92 Å². The molecule has 150 valence electrons. The summed E-state index contributed by atoms with van der Waals surface area (Å²) in [5, 5.41) is 6.79. The van der Waals surface area contributed by atoms with Gasteiger partial charge in [-0.25, -0.2) is 0 Å². The third kappa shape index (κ3) is 4.95. The Bertz CT molecular complexity index is 780. The summed E-state index contributed by atoms with van der Waals surface area (Å²) in [6.07, 6.45) is 1.17. The molecule has 0 bridgehead atoms. The molecule has 2 N–H and O–H groups in total. The quantitative estimate of drug-likeness (QED) is 0.568. The van der Waals surface area contributed by atoms with Crippen molar-refractivity contribution in [1.82, 2.24) is 10.6 Å². The number of nitrogens with zero attached hydrogens (tertiary/aromatic N) is 1. The maximum atomic E-state index is 5.97. The number of rotatable bonds is 7. The van der Waals surface area contributed by atoms with Crippen LogP contribution in [0.1, 0.15) is 23.7 Å². The minimum atomic E-state index is 0.133. The highest BCUT2D eigenvalue weighted by atomic mass is 16.5. The molecule has 0 spiro atoms. The monoisotopic (exact) mass is 383 g/mol. The van der Waals surface area contributed by atoms with Gasteiger partial charge >= 0.3 is 0 Å². The lowest BCUT2D eigenvalue weighted by molar-refractivity contribution is 0.0915. The molecule has 0 saturated carbocycles. The van der Waals surface area contributed by atoms with Crippen LogP contribution in [0.2, 0.25) is 0 Å². The molecule has 0 radical (unpaired) electrons. The van der Waals surface area contributed by atoms with E-state index in [0.29, 0.717) is 12.5 Å². The van der Waals surface area contributed by atoms with Crippen LogP contribution in [-0.2, 0) is 11.3 Å². The molecular formula is C22H29N3O3. The smallest absolute Gasteiger partial charge is 0.191 e. The summed E-state index contributed by atoms with van der Waals surface area (Å²) in [7, 11) is 5.09. The van der Waals surface area contributed by atoms with Gasteiger partial charge in [0.05, 0.1) is 20.3 Å². The van der Waals surface area contributed by atoms with Gasteiger partial charge in [-0.1, -0.05) is 30.3 Å². The summed E-state index contributed by atoms with van der Waals surface area (Å²) in [4.78, 5) is 4.34. The van der Waals surface area contributed by atoms with E-state index in [9.17, 15) is 0 Å². The van der Waals surface area contributed by atoms with E-state index >= 15 is 0 Å². The third-order valence-corrected chi connectivity index (χ3v) is 5.04. The van der Waals surface area contributed by atoms with Gasteiger partial charge in [0.1, 0.15) is 11.5 Å². The summed E-state index contributed by atoms with van der Waals surface area (Å²) in [6, 6.07) is 16.2. The number of aliphatic imine (C=N–C) groups is 1. The highest BCUT2D eigenvalue weighted by Crippen LogP contribution is 2.33. The zero-order chi connectivity index (χ0) is 19.8. The first kappa shape index (κ1) is 20.0. The Hall–Kier alpha value is -2.73. The Balaban J connectivity index is 1.55. The standard InChI is InChI=1S/C22H29N3O3/c1-23-22(24-14-17-9-10-19(26-2)13-20(17)27-3)25-15-18-11-12-28-21(18)16-7-5-4-6-8-16/h4-10,13,18,21H,11-12,14-15H2,1-3H3,(H2,23,24,25). The molecule has 28 heavy (non-hydrogen) atoms. The van der Waals surface area contributed by atoms with Gasteiger partial charge in [-0.3, -0.25) is 4.99 Å². The fourth-order valence-corrected chi connectivity index (χ4v) is 3.48. The van der Waals surface area contributed by atoms with E-state index in [2.05, 4.69) is 39.9 Å². The summed E-state index contributed by atoms with van der Waals surface area (Å²) in [6.45, 7) is 2.20. The molecular weight excluding hydrogens is 354 g/mol. The normalized spacial score (nSPS) is 19.3. The summed E-state index contributed by atoms with van der Waals surface area (Å²) >= 11 is 0. The van der Waals surface area contributed by atoms with Crippen LogP contribution in [0.4, 0.5) is 0 Å². The number of hydrogen-bond acceptors (Lipinski definition) is 4. The number of guanidine groups is 1. The van der Waals surface area contributed by atoms with Crippen molar-refractivity contribution in [2.24, 2.45) is 10.9 Å². The number of ether oxygens (including phenoxy) is 3. The Morgan fingerprint density at radius 2 is 1.93 bits per heavy atom. The highest BCUT2D eigenvalue weighted by molar-refractivity contribution is 5.79. The molecule has 0 aliphatic carbocycles. The van der Waals surface area contributed by atoms with E-state index < -0.39 is 0 Å². The Morgan fingerprint density at radius 3 is 2.64 bits per heavy atom. The Kier molecular flexibility index (Phi) is 7.14. The maximum Gasteiger partial charge on any atom is 0.191 e. The predicted octanol–water partition coefficient (Wildman–Crippen LogP) is 3.15. The molecule has 1 aliphatic heterocycles. The molecule has 6 nitrogen and oxygen atoms in total. The van der Waals surface area contributed by atoms with Crippen LogP contribution in [0.3, 0.4) is 0 Å². The first-order valence-electron chi connectivity index (χ1n) is 9.57. The SMILES string of the molecule is CN=C(NCc1ccc(OC)cc1OC)NCC1CCOC1c1ccccc1. The van der Waals surface area contributed by atoms with Gasteiger partial charge in [0, 0.05) is 44.3 Å². The molecule has 2 atom stereocenters. The minimum Gasteiger partial charge on any atom is -0.497 e. The van der Waals surface area contributed by atoms with Gasteiger partial charge in [-0.2, -0.15) is 0 Å². The van der Waals surface area contributed by atoms with Crippen molar-refractivity contribution in [2.75, 3.05) is 34.4 Å². The fourth-order valence-electron chi connectivity index (χ4n) is 3.48. The summed E-state index contributed by atoms with van der Waals surface area (Å²) < 4.78 is 16.7. The fraction of sp³-hybridized carbons (Fsp3) is 0.409. The Morgan fingerprint density at radius 1 is 1.11 bits per heavy atom. The lowest BCUT2D eigenvalue weighted by Gasteiger charge is -2.21. The number of hydrogen-bond donors (Lipinski definition) is 2. The number of benzene rings is 2. The molecule has 1 heterocycles. The summed E-state index contributed by atoms with van der Waals surface area (Å²) in [5.74, 6) is 2.74. The lowest BCUT2D eigenvalue weighted by atomic mass is 9.95. The van der Waals surface area contributed by atoms with Crippen molar-refractivity contribution in [1.29, 1.82) is 0 Å². The molecule has 2 unspecified atom stereocenters. The van der Waals surface area contributed by atoms with E-state index in [-0.39, 0.29) is 6.10 Å². The van der Waals surface area contributed by atoms with Crippen LogP contribution >= 0.6 is 0 Å². The lowest BCUT2D eigenvalue weighted by Crippen LogP contribution is -2.39. The minimum absolute atomic E-state index is 0.133. The first-order valence-corrected chi connectivity index (χ1v) is 9.57. The molecule has 2 aromatic carbocycles. The van der Waals surface area contributed by atoms with E-state index in [1.165, 1.54) is 5.56 Å². The average molecular weight is 383 g/mol. The van der Waals surface area contributed by atoms with Crippen LogP contribution in [-0.4, -0.2) is 40.4 Å². The van der Waals surface area contributed by atoms with Crippen molar-refractivity contribution in [3.05, 3.63) is 59.7 Å². The molecule has 1 fully saturated rings. The molecule has 0 amide bonds. The van der Waals surface area contributed by atoms with Crippen molar-refractivity contribution >= 4 is 5.96 Å². The molecule has 1 aliphatic rings. The van der Waals surface area contributed by atoms with Gasteiger partial charge in [0.2, 0.25) is 0 Å². The van der Waals surface area contributed by atoms with Crippen molar-refractivity contribution in [3.63, 3.8) is 0 Å². The van der Waals surface area contributed by atoms with Crippen LogP contribution in [0.25, 0.3) is 0 Å². The van der Waals surface area contributed by atoms with E-state index in [4.69, 9.17) is 14.2 Å². The Labute approximate surface area is 166 Å². The van der Waals surface area contributed by atoms with Crippen molar-refractivity contribution < 1.29 is 14.2 Å². The van der Waals surface area contributed by atoms with Crippen LogP contribution in [0.15, 0.2) is 53.5 Å². The maximum absolute atomic E-state index is 5.97. The van der Waals surface area contributed by atoms with Gasteiger partial charge in [-0.15, -0.1) is 0 Å². The molecule has 2 aromatic rings. The number of nitrogens with one attached hydrogen (secondary N) is 2. The molecule has 6 heteroatoms. The van der Waals surface area contributed by atoms with E-state index in [0.717, 1.165) is 42.6 Å². The van der Waals surface area contributed by atoms with Crippen molar-refractivity contribution in [3.8, 4) is 11.5 Å². The number of methoxy groups -OCH3 is 2. The molecule has 3 rings (SSSR count). The van der Waals surface area contributed by atoms with Crippen molar-refractivity contribution in [2.45, 2.75) is 19.1 Å². The van der Waals surface area contributed by atoms with Gasteiger partial charge < -0.3 is 24.8 Å². The molecule has 0 aromatic heterocycles. The largest absolute Gasteiger partial charge is 0.497 e. The second-order valence-electron chi connectivity index (χ2n) is 6.74. The van der Waals surface area contributed by atoms with Gasteiger partial charge in [0.25, 0.3) is 0 Å².